The van der Waals surface area contributed by atoms with Crippen LogP contribution in [0.3, 0.4) is 0 Å². The van der Waals surface area contributed by atoms with Crippen LogP contribution in [0.25, 0.3) is 0 Å². The molecule has 1 amide bonds. The third kappa shape index (κ3) is 4.08. The summed E-state index contributed by atoms with van der Waals surface area (Å²) in [6, 6.07) is 1.86. The molecular weight excluding hydrogens is 324 g/mol. The van der Waals surface area contributed by atoms with Gasteiger partial charge in [0.1, 0.15) is 10.6 Å². The Morgan fingerprint density at radius 3 is 2.67 bits per heavy atom. The Labute approximate surface area is 145 Å². The average Bonchev–Trinajstić information content (AvgIpc) is 2.94. The molecule has 2 heterocycles. The quantitative estimate of drug-likeness (QED) is 0.779. The van der Waals surface area contributed by atoms with Gasteiger partial charge in [-0.2, -0.15) is 0 Å². The molecular formula is C17H24N4O2S. The SMILES string of the molecule is CCCCCc1nnc(NC(=O)c2c(C)cc(C)n(CC)c2=O)s1. The van der Waals surface area contributed by atoms with Crippen molar-refractivity contribution in [2.75, 3.05) is 5.32 Å². The highest BCUT2D eigenvalue weighted by atomic mass is 32.1. The number of rotatable bonds is 7. The van der Waals surface area contributed by atoms with Crippen LogP contribution in [0.4, 0.5) is 5.13 Å². The number of anilines is 1. The number of nitrogens with one attached hydrogen (secondary N) is 1. The minimum absolute atomic E-state index is 0.171. The Kier molecular flexibility index (Phi) is 6.25. The molecule has 0 radical (unpaired) electrons. The third-order valence-electron chi connectivity index (χ3n) is 3.93. The number of carbonyl (C=O) groups is 1. The number of nitrogens with zero attached hydrogens (tertiary/aromatic N) is 3. The van der Waals surface area contributed by atoms with Crippen molar-refractivity contribution in [3.63, 3.8) is 0 Å². The van der Waals surface area contributed by atoms with Gasteiger partial charge in [-0.15, -0.1) is 10.2 Å². The van der Waals surface area contributed by atoms with E-state index in [2.05, 4.69) is 22.4 Å². The first-order valence-electron chi connectivity index (χ1n) is 8.32. The zero-order valence-corrected chi connectivity index (χ0v) is 15.5. The average molecular weight is 348 g/mol. The summed E-state index contributed by atoms with van der Waals surface area (Å²) in [5.74, 6) is -0.420. The van der Waals surface area contributed by atoms with Gasteiger partial charge in [0.2, 0.25) is 5.13 Å². The molecule has 0 aromatic carbocycles. The fourth-order valence-corrected chi connectivity index (χ4v) is 3.46. The number of aryl methyl sites for hydroxylation is 3. The van der Waals surface area contributed by atoms with Gasteiger partial charge in [0, 0.05) is 18.7 Å². The molecule has 1 N–H and O–H groups in total. The molecule has 130 valence electrons. The van der Waals surface area contributed by atoms with Crippen LogP contribution in [0.2, 0.25) is 0 Å². The standard InChI is InChI=1S/C17H24N4O2S/c1-5-7-8-9-13-19-20-17(24-13)18-15(22)14-11(3)10-12(4)21(6-2)16(14)23/h10H,5-9H2,1-4H3,(H,18,20,22). The monoisotopic (exact) mass is 348 g/mol. The molecule has 0 saturated heterocycles. The Balaban J connectivity index is 2.17. The first-order valence-corrected chi connectivity index (χ1v) is 9.14. The number of carbonyl (C=O) groups excluding carboxylic acids is 1. The molecule has 0 unspecified atom stereocenters. The van der Waals surface area contributed by atoms with Crippen LogP contribution in [0.15, 0.2) is 10.9 Å². The highest BCUT2D eigenvalue weighted by molar-refractivity contribution is 7.15. The molecule has 2 rings (SSSR count). The van der Waals surface area contributed by atoms with E-state index in [-0.39, 0.29) is 11.1 Å². The van der Waals surface area contributed by atoms with Crippen molar-refractivity contribution in [2.24, 2.45) is 0 Å². The molecule has 0 aliphatic rings. The maximum Gasteiger partial charge on any atom is 0.263 e. The van der Waals surface area contributed by atoms with Crippen molar-refractivity contribution < 1.29 is 4.79 Å². The Morgan fingerprint density at radius 2 is 2.00 bits per heavy atom. The van der Waals surface area contributed by atoms with E-state index in [1.54, 1.807) is 11.5 Å². The van der Waals surface area contributed by atoms with E-state index in [0.29, 0.717) is 17.2 Å². The van der Waals surface area contributed by atoms with Crippen LogP contribution in [-0.4, -0.2) is 20.7 Å². The largest absolute Gasteiger partial charge is 0.313 e. The predicted molar refractivity (Wildman–Crippen MR) is 96.9 cm³/mol. The molecule has 6 nitrogen and oxygen atoms in total. The van der Waals surface area contributed by atoms with Gasteiger partial charge in [0.25, 0.3) is 11.5 Å². The number of hydrogen-bond donors (Lipinski definition) is 1. The lowest BCUT2D eigenvalue weighted by atomic mass is 10.1. The molecule has 2 aromatic heterocycles. The van der Waals surface area contributed by atoms with Crippen LogP contribution in [0.1, 0.15) is 59.7 Å². The molecule has 0 aliphatic heterocycles. The van der Waals surface area contributed by atoms with Crippen molar-refractivity contribution >= 4 is 22.4 Å². The minimum atomic E-state index is -0.420. The minimum Gasteiger partial charge on any atom is -0.313 e. The van der Waals surface area contributed by atoms with E-state index in [9.17, 15) is 9.59 Å². The zero-order chi connectivity index (χ0) is 17.7. The summed E-state index contributed by atoms with van der Waals surface area (Å²) in [6.07, 6.45) is 4.24. The second kappa shape index (κ2) is 8.19. The summed E-state index contributed by atoms with van der Waals surface area (Å²) in [5, 5.41) is 12.2. The zero-order valence-electron chi connectivity index (χ0n) is 14.7. The molecule has 7 heteroatoms. The Hall–Kier alpha value is -2.02. The highest BCUT2D eigenvalue weighted by Gasteiger charge is 2.18. The normalized spacial score (nSPS) is 10.8. The van der Waals surface area contributed by atoms with Crippen LogP contribution < -0.4 is 10.9 Å². The van der Waals surface area contributed by atoms with Gasteiger partial charge in [0.05, 0.1) is 0 Å². The fourth-order valence-electron chi connectivity index (χ4n) is 2.69. The van der Waals surface area contributed by atoms with Crippen molar-refractivity contribution in [1.29, 1.82) is 0 Å². The first-order chi connectivity index (χ1) is 11.5. The van der Waals surface area contributed by atoms with Crippen molar-refractivity contribution in [1.82, 2.24) is 14.8 Å². The third-order valence-corrected chi connectivity index (χ3v) is 4.83. The lowest BCUT2D eigenvalue weighted by Crippen LogP contribution is -2.31. The van der Waals surface area contributed by atoms with Crippen LogP contribution >= 0.6 is 11.3 Å². The number of pyridine rings is 1. The van der Waals surface area contributed by atoms with E-state index in [1.807, 2.05) is 19.9 Å². The van der Waals surface area contributed by atoms with Crippen LogP contribution in [-0.2, 0) is 13.0 Å². The summed E-state index contributed by atoms with van der Waals surface area (Å²) in [7, 11) is 0. The van der Waals surface area contributed by atoms with Crippen LogP contribution in [0.5, 0.6) is 0 Å². The number of amides is 1. The number of hydrogen-bond acceptors (Lipinski definition) is 5. The maximum atomic E-state index is 12.5. The van der Waals surface area contributed by atoms with Gasteiger partial charge in [0.15, 0.2) is 0 Å². The number of unbranched alkanes of at least 4 members (excludes halogenated alkanes) is 2. The van der Waals surface area contributed by atoms with E-state index < -0.39 is 5.91 Å². The topological polar surface area (TPSA) is 76.9 Å². The Bertz CT molecular complexity index is 779. The molecule has 0 atom stereocenters. The second-order valence-corrected chi connectivity index (χ2v) is 6.87. The second-order valence-electron chi connectivity index (χ2n) is 5.81. The van der Waals surface area contributed by atoms with E-state index in [4.69, 9.17) is 0 Å². The molecule has 24 heavy (non-hydrogen) atoms. The maximum absolute atomic E-state index is 12.5. The lowest BCUT2D eigenvalue weighted by Gasteiger charge is -2.12. The first kappa shape index (κ1) is 18.3. The van der Waals surface area contributed by atoms with Crippen molar-refractivity contribution in [3.05, 3.63) is 38.2 Å². The van der Waals surface area contributed by atoms with E-state index in [0.717, 1.165) is 36.4 Å². The van der Waals surface area contributed by atoms with Gasteiger partial charge in [-0.3, -0.25) is 14.9 Å². The molecule has 2 aromatic rings. The number of aromatic nitrogens is 3. The predicted octanol–water partition coefficient (Wildman–Crippen LogP) is 3.32. The van der Waals surface area contributed by atoms with Gasteiger partial charge in [-0.05, 0) is 38.8 Å². The summed E-state index contributed by atoms with van der Waals surface area (Å²) in [6.45, 7) is 8.22. The summed E-state index contributed by atoms with van der Waals surface area (Å²) in [5.41, 5.74) is 1.43. The van der Waals surface area contributed by atoms with Gasteiger partial charge in [-0.25, -0.2) is 0 Å². The summed E-state index contributed by atoms with van der Waals surface area (Å²) in [4.78, 5) is 25.0. The van der Waals surface area contributed by atoms with Gasteiger partial charge in [-0.1, -0.05) is 31.1 Å². The molecule has 0 fully saturated rings. The lowest BCUT2D eigenvalue weighted by molar-refractivity contribution is 0.102. The molecule has 0 bridgehead atoms. The smallest absolute Gasteiger partial charge is 0.263 e. The summed E-state index contributed by atoms with van der Waals surface area (Å²) >= 11 is 1.37. The Morgan fingerprint density at radius 1 is 1.25 bits per heavy atom. The van der Waals surface area contributed by atoms with E-state index >= 15 is 0 Å². The molecule has 0 spiro atoms. The summed E-state index contributed by atoms with van der Waals surface area (Å²) < 4.78 is 1.60. The van der Waals surface area contributed by atoms with Crippen molar-refractivity contribution in [3.8, 4) is 0 Å². The van der Waals surface area contributed by atoms with E-state index in [1.165, 1.54) is 11.3 Å². The van der Waals surface area contributed by atoms with Gasteiger partial charge >= 0.3 is 0 Å². The van der Waals surface area contributed by atoms with Crippen LogP contribution in [0, 0.1) is 13.8 Å². The van der Waals surface area contributed by atoms with Crippen molar-refractivity contribution in [2.45, 2.75) is 59.9 Å². The fraction of sp³-hybridized carbons (Fsp3) is 0.529. The van der Waals surface area contributed by atoms with Gasteiger partial charge < -0.3 is 4.57 Å². The molecule has 0 saturated carbocycles. The highest BCUT2D eigenvalue weighted by Crippen LogP contribution is 2.18. The molecule has 0 aliphatic carbocycles.